The zero-order valence-corrected chi connectivity index (χ0v) is 15.2. The van der Waals surface area contributed by atoms with Crippen molar-refractivity contribution in [3.05, 3.63) is 64.1 Å². The van der Waals surface area contributed by atoms with Crippen LogP contribution in [0.25, 0.3) is 0 Å². The van der Waals surface area contributed by atoms with E-state index < -0.39 is 10.0 Å². The number of carbonyl (C=O) groups is 1. The molecule has 0 aliphatic carbocycles. The Hall–Kier alpha value is -1.76. The molecule has 24 heavy (non-hydrogen) atoms. The molecule has 0 aromatic heterocycles. The van der Waals surface area contributed by atoms with E-state index in [0.717, 1.165) is 10.6 Å². The van der Waals surface area contributed by atoms with Crippen LogP contribution in [0.15, 0.2) is 48.5 Å². The van der Waals surface area contributed by atoms with Gasteiger partial charge in [-0.1, -0.05) is 41.4 Å². The minimum absolute atomic E-state index is 0.0644. The Morgan fingerprint density at radius 2 is 1.83 bits per heavy atom. The fourth-order valence-corrected chi connectivity index (χ4v) is 3.54. The Balaban J connectivity index is 2.07. The normalized spacial score (nSPS) is 11.1. The van der Waals surface area contributed by atoms with Crippen LogP contribution in [0.3, 0.4) is 0 Å². The molecule has 0 unspecified atom stereocenters. The molecule has 0 aliphatic heterocycles. The summed E-state index contributed by atoms with van der Waals surface area (Å²) < 4.78 is 25.2. The highest BCUT2D eigenvalue weighted by atomic mass is 35.5. The molecule has 0 saturated carbocycles. The van der Waals surface area contributed by atoms with Gasteiger partial charge in [-0.25, -0.2) is 8.42 Å². The Morgan fingerprint density at radius 1 is 1.12 bits per heavy atom. The number of nitrogens with one attached hydrogen (secondary N) is 1. The first-order valence-electron chi connectivity index (χ1n) is 7.05. The summed E-state index contributed by atoms with van der Waals surface area (Å²) in [4.78, 5) is 12.1. The van der Waals surface area contributed by atoms with Crippen LogP contribution in [0.1, 0.15) is 10.4 Å². The summed E-state index contributed by atoms with van der Waals surface area (Å²) in [5.41, 5.74) is 0.782. The predicted octanol–water partition coefficient (Wildman–Crippen LogP) is 3.19. The van der Waals surface area contributed by atoms with E-state index in [9.17, 15) is 13.2 Å². The van der Waals surface area contributed by atoms with E-state index in [4.69, 9.17) is 23.2 Å². The van der Waals surface area contributed by atoms with Gasteiger partial charge in [-0.15, -0.1) is 0 Å². The summed E-state index contributed by atoms with van der Waals surface area (Å²) in [5.74, 6) is -0.329. The van der Waals surface area contributed by atoms with Gasteiger partial charge in [0, 0.05) is 17.1 Å². The van der Waals surface area contributed by atoms with Crippen molar-refractivity contribution in [2.45, 2.75) is 0 Å². The molecule has 2 aromatic carbocycles. The number of benzene rings is 2. The Kier molecular flexibility index (Phi) is 6.10. The summed E-state index contributed by atoms with van der Waals surface area (Å²) >= 11 is 11.9. The van der Waals surface area contributed by atoms with Crippen molar-refractivity contribution in [1.82, 2.24) is 5.32 Å². The van der Waals surface area contributed by atoms with Crippen LogP contribution in [0.2, 0.25) is 10.0 Å². The van der Waals surface area contributed by atoms with Crippen LogP contribution < -0.4 is 9.62 Å². The van der Waals surface area contributed by atoms with Gasteiger partial charge in [0.1, 0.15) is 0 Å². The third kappa shape index (κ3) is 4.87. The highest BCUT2D eigenvalue weighted by molar-refractivity contribution is 7.92. The largest absolute Gasteiger partial charge is 0.350 e. The maximum atomic E-state index is 12.1. The van der Waals surface area contributed by atoms with Gasteiger partial charge < -0.3 is 5.32 Å². The smallest absolute Gasteiger partial charge is 0.251 e. The topological polar surface area (TPSA) is 66.5 Å². The Morgan fingerprint density at radius 3 is 2.46 bits per heavy atom. The highest BCUT2D eigenvalue weighted by Gasteiger charge is 2.19. The number of carbonyl (C=O) groups excluding carboxylic acids is 1. The number of hydrogen-bond donors (Lipinski definition) is 1. The van der Waals surface area contributed by atoms with Gasteiger partial charge in [-0.2, -0.15) is 0 Å². The fourth-order valence-electron chi connectivity index (χ4n) is 2.12. The van der Waals surface area contributed by atoms with Crippen LogP contribution in [-0.4, -0.2) is 33.7 Å². The zero-order chi connectivity index (χ0) is 17.7. The molecule has 0 radical (unpaired) electrons. The summed E-state index contributed by atoms with van der Waals surface area (Å²) in [6, 6.07) is 13.1. The Labute approximate surface area is 151 Å². The van der Waals surface area contributed by atoms with E-state index in [1.807, 2.05) is 0 Å². The number of nitrogens with zero attached hydrogens (tertiary/aromatic N) is 1. The third-order valence-corrected chi connectivity index (χ3v) is 4.94. The van der Waals surface area contributed by atoms with Gasteiger partial charge in [0.2, 0.25) is 10.0 Å². The minimum Gasteiger partial charge on any atom is -0.350 e. The molecule has 0 heterocycles. The van der Waals surface area contributed by atoms with Gasteiger partial charge in [0.15, 0.2) is 0 Å². The van der Waals surface area contributed by atoms with Gasteiger partial charge in [0.25, 0.3) is 5.91 Å². The van der Waals surface area contributed by atoms with E-state index in [2.05, 4.69) is 5.32 Å². The molecule has 0 atom stereocenters. The second kappa shape index (κ2) is 7.88. The molecule has 2 rings (SSSR count). The monoisotopic (exact) mass is 386 g/mol. The van der Waals surface area contributed by atoms with Crippen LogP contribution in [-0.2, 0) is 10.0 Å². The number of para-hydroxylation sites is 1. The van der Waals surface area contributed by atoms with Gasteiger partial charge >= 0.3 is 0 Å². The standard InChI is InChI=1S/C16H16Cl2N2O3S/c1-24(22,23)20(15-8-3-2-7-14(15)18)10-9-19-16(21)12-5-4-6-13(17)11-12/h2-8,11H,9-10H2,1H3,(H,19,21). The molecular formula is C16H16Cl2N2O3S. The van der Waals surface area contributed by atoms with E-state index in [1.54, 1.807) is 48.5 Å². The first-order valence-corrected chi connectivity index (χ1v) is 9.65. The quantitative estimate of drug-likeness (QED) is 0.828. The lowest BCUT2D eigenvalue weighted by atomic mass is 10.2. The maximum Gasteiger partial charge on any atom is 0.251 e. The molecule has 5 nitrogen and oxygen atoms in total. The van der Waals surface area contributed by atoms with E-state index in [-0.39, 0.29) is 19.0 Å². The number of rotatable bonds is 6. The molecule has 0 spiro atoms. The van der Waals surface area contributed by atoms with Crippen LogP contribution in [0, 0.1) is 0 Å². The van der Waals surface area contributed by atoms with Gasteiger partial charge in [-0.05, 0) is 30.3 Å². The third-order valence-electron chi connectivity index (χ3n) is 3.21. The molecule has 0 aliphatic rings. The molecule has 1 N–H and O–H groups in total. The molecule has 0 bridgehead atoms. The zero-order valence-electron chi connectivity index (χ0n) is 12.9. The average molecular weight is 387 g/mol. The van der Waals surface area contributed by atoms with E-state index >= 15 is 0 Å². The van der Waals surface area contributed by atoms with E-state index in [0.29, 0.717) is 21.3 Å². The second-order valence-electron chi connectivity index (χ2n) is 5.05. The van der Waals surface area contributed by atoms with Gasteiger partial charge in [0.05, 0.1) is 23.5 Å². The summed E-state index contributed by atoms with van der Waals surface area (Å²) in [5, 5.41) is 3.45. The molecule has 8 heteroatoms. The van der Waals surface area contributed by atoms with Crippen molar-refractivity contribution in [3.63, 3.8) is 0 Å². The fraction of sp³-hybridized carbons (Fsp3) is 0.188. The number of amides is 1. The summed E-state index contributed by atoms with van der Waals surface area (Å²) in [7, 11) is -3.53. The van der Waals surface area contributed by atoms with Crippen LogP contribution in [0.4, 0.5) is 5.69 Å². The molecular weight excluding hydrogens is 371 g/mol. The number of halogens is 2. The van der Waals surface area contributed by atoms with Crippen molar-refractivity contribution >= 4 is 44.8 Å². The van der Waals surface area contributed by atoms with Crippen molar-refractivity contribution in [1.29, 1.82) is 0 Å². The van der Waals surface area contributed by atoms with Crippen LogP contribution in [0.5, 0.6) is 0 Å². The van der Waals surface area contributed by atoms with E-state index in [1.165, 1.54) is 0 Å². The first-order chi connectivity index (χ1) is 11.3. The lowest BCUT2D eigenvalue weighted by Gasteiger charge is -2.23. The average Bonchev–Trinajstić information content (AvgIpc) is 2.51. The SMILES string of the molecule is CS(=O)(=O)N(CCNC(=O)c1cccc(Cl)c1)c1ccccc1Cl. The molecule has 2 aromatic rings. The molecule has 128 valence electrons. The Bertz CT molecular complexity index is 841. The number of sulfonamides is 1. The molecule has 0 fully saturated rings. The summed E-state index contributed by atoms with van der Waals surface area (Å²) in [6.45, 7) is 0.193. The summed E-state index contributed by atoms with van der Waals surface area (Å²) in [6.07, 6.45) is 1.09. The van der Waals surface area contributed by atoms with Crippen molar-refractivity contribution < 1.29 is 13.2 Å². The first kappa shape index (κ1) is 18.6. The number of hydrogen-bond acceptors (Lipinski definition) is 3. The van der Waals surface area contributed by atoms with Crippen molar-refractivity contribution in [2.75, 3.05) is 23.7 Å². The van der Waals surface area contributed by atoms with Gasteiger partial charge in [-0.3, -0.25) is 9.10 Å². The second-order valence-corrected chi connectivity index (χ2v) is 7.80. The lowest BCUT2D eigenvalue weighted by Crippen LogP contribution is -2.38. The lowest BCUT2D eigenvalue weighted by molar-refractivity contribution is 0.0955. The maximum absolute atomic E-state index is 12.1. The van der Waals surface area contributed by atoms with Crippen LogP contribution >= 0.6 is 23.2 Å². The minimum atomic E-state index is -3.53. The highest BCUT2D eigenvalue weighted by Crippen LogP contribution is 2.26. The van der Waals surface area contributed by atoms with Crippen molar-refractivity contribution in [3.8, 4) is 0 Å². The number of anilines is 1. The molecule has 1 amide bonds. The molecule has 0 saturated heterocycles. The predicted molar refractivity (Wildman–Crippen MR) is 97.4 cm³/mol. The van der Waals surface area contributed by atoms with Crippen molar-refractivity contribution in [2.24, 2.45) is 0 Å².